The van der Waals surface area contributed by atoms with Crippen LogP contribution in [0.3, 0.4) is 0 Å². The molecule has 152 valence electrons. The quantitative estimate of drug-likeness (QED) is 0.274. The van der Waals surface area contributed by atoms with E-state index < -0.39 is 20.0 Å². The van der Waals surface area contributed by atoms with E-state index in [1.807, 2.05) is 0 Å². The molecule has 0 aromatic carbocycles. The van der Waals surface area contributed by atoms with Crippen molar-refractivity contribution in [2.24, 2.45) is 23.7 Å². The summed E-state index contributed by atoms with van der Waals surface area (Å²) in [7, 11) is 0. The normalized spacial score (nSPS) is 13.0. The average Bonchev–Trinajstić information content (AvgIpc) is 2.45. The summed E-state index contributed by atoms with van der Waals surface area (Å²) in [4.78, 5) is 0. The van der Waals surface area contributed by atoms with Gasteiger partial charge in [0.1, 0.15) is 0 Å². The molecular weight excluding hydrogens is 423 g/mol. The van der Waals surface area contributed by atoms with Gasteiger partial charge in [0.05, 0.1) is 0 Å². The average molecular weight is 467 g/mol. The molecule has 0 atom stereocenters. The van der Waals surface area contributed by atoms with E-state index >= 15 is 0 Å². The molecule has 0 aliphatic heterocycles. The van der Waals surface area contributed by atoms with Crippen molar-refractivity contribution in [1.29, 1.82) is 0 Å². The van der Waals surface area contributed by atoms with E-state index in [-0.39, 0.29) is 0 Å². The molecule has 0 aliphatic rings. The minimum atomic E-state index is -3.94. The first-order valence-electron chi connectivity index (χ1n) is 10.2. The third kappa shape index (κ3) is 15.4. The van der Waals surface area contributed by atoms with Crippen LogP contribution in [-0.2, 0) is 12.3 Å². The van der Waals surface area contributed by atoms with Gasteiger partial charge in [-0.05, 0) is 0 Å². The van der Waals surface area contributed by atoms with Crippen LogP contribution >= 0.6 is 0 Å². The number of hydrogen-bond donors (Lipinski definition) is 0. The Labute approximate surface area is 163 Å². The molecule has 0 saturated heterocycles. The molecule has 0 aromatic rings. The second-order valence-electron chi connectivity index (χ2n) is 8.62. The zero-order valence-electron chi connectivity index (χ0n) is 18.1. The van der Waals surface area contributed by atoms with Crippen LogP contribution in [0.4, 0.5) is 0 Å². The molecular formula is C20H44O4Sn. The van der Waals surface area contributed by atoms with Gasteiger partial charge in [0.25, 0.3) is 0 Å². The van der Waals surface area contributed by atoms with Crippen molar-refractivity contribution < 1.29 is 12.3 Å². The fraction of sp³-hybridized carbons (Fsp3) is 1.00. The van der Waals surface area contributed by atoms with Crippen LogP contribution in [0.1, 0.15) is 81.1 Å². The second-order valence-corrected chi connectivity index (χ2v) is 14.8. The Morgan fingerprint density at radius 2 is 0.640 bits per heavy atom. The first-order valence-corrected chi connectivity index (χ1v) is 14.9. The Hall–Kier alpha value is 0.639. The van der Waals surface area contributed by atoms with Gasteiger partial charge in [-0.2, -0.15) is 0 Å². The van der Waals surface area contributed by atoms with E-state index in [9.17, 15) is 0 Å². The van der Waals surface area contributed by atoms with Gasteiger partial charge in [-0.25, -0.2) is 0 Å². The van der Waals surface area contributed by atoms with Gasteiger partial charge in [0.15, 0.2) is 0 Å². The van der Waals surface area contributed by atoms with Crippen LogP contribution < -0.4 is 0 Å². The molecule has 0 spiro atoms. The fourth-order valence-corrected chi connectivity index (χ4v) is 7.56. The van der Waals surface area contributed by atoms with E-state index in [0.29, 0.717) is 50.1 Å². The van der Waals surface area contributed by atoms with Crippen molar-refractivity contribution in [2.45, 2.75) is 81.1 Å². The minimum absolute atomic E-state index is 0.603. The zero-order chi connectivity index (χ0) is 19.3. The van der Waals surface area contributed by atoms with Crippen molar-refractivity contribution in [3.05, 3.63) is 0 Å². The van der Waals surface area contributed by atoms with Gasteiger partial charge in [-0.3, -0.25) is 0 Å². The van der Waals surface area contributed by atoms with Crippen LogP contribution in [0.2, 0.25) is 0 Å². The molecule has 4 nitrogen and oxygen atoms in total. The Kier molecular flexibility index (Phi) is 15.0. The van der Waals surface area contributed by atoms with Crippen LogP contribution in [0, 0.1) is 23.7 Å². The molecule has 0 aromatic heterocycles. The van der Waals surface area contributed by atoms with Crippen LogP contribution in [0.5, 0.6) is 0 Å². The van der Waals surface area contributed by atoms with E-state index in [1.165, 1.54) is 0 Å². The topological polar surface area (TPSA) is 36.9 Å². The molecule has 0 bridgehead atoms. The van der Waals surface area contributed by atoms with Crippen molar-refractivity contribution in [1.82, 2.24) is 0 Å². The number of hydrogen-bond acceptors (Lipinski definition) is 4. The van der Waals surface area contributed by atoms with Crippen molar-refractivity contribution >= 4 is 20.0 Å². The van der Waals surface area contributed by atoms with Crippen molar-refractivity contribution in [3.8, 4) is 0 Å². The van der Waals surface area contributed by atoms with E-state index in [0.717, 1.165) is 25.7 Å². The summed E-state index contributed by atoms with van der Waals surface area (Å²) in [5.74, 6) is 2.41. The molecule has 25 heavy (non-hydrogen) atoms. The predicted molar refractivity (Wildman–Crippen MR) is 107 cm³/mol. The molecule has 0 saturated carbocycles. The summed E-state index contributed by atoms with van der Waals surface area (Å²) < 4.78 is 24.9. The molecule has 0 amide bonds. The predicted octanol–water partition coefficient (Wildman–Crippen LogP) is 5.67. The zero-order valence-corrected chi connectivity index (χ0v) is 21.0. The van der Waals surface area contributed by atoms with Gasteiger partial charge >= 0.3 is 164 Å². The summed E-state index contributed by atoms with van der Waals surface area (Å²) in [6, 6.07) is 0. The summed E-state index contributed by atoms with van der Waals surface area (Å²) in [6.45, 7) is 20.3. The van der Waals surface area contributed by atoms with Crippen LogP contribution in [0.15, 0.2) is 0 Å². The van der Waals surface area contributed by atoms with Gasteiger partial charge in [-0.15, -0.1) is 0 Å². The Bertz CT molecular complexity index is 245. The monoisotopic (exact) mass is 468 g/mol. The third-order valence-corrected chi connectivity index (χ3v) is 10.3. The molecule has 0 heterocycles. The SMILES string of the molecule is CC(C)CC[O][Sn]([O]CCC(C)C)([O]CCC(C)C)[O]CCC(C)C. The fourth-order valence-electron chi connectivity index (χ4n) is 1.93. The first kappa shape index (κ1) is 25.6. The van der Waals surface area contributed by atoms with Crippen LogP contribution in [-0.4, -0.2) is 46.5 Å². The Morgan fingerprint density at radius 3 is 0.800 bits per heavy atom. The van der Waals surface area contributed by atoms with E-state index in [1.54, 1.807) is 0 Å². The summed E-state index contributed by atoms with van der Waals surface area (Å²) >= 11 is -3.94. The molecule has 0 aliphatic carbocycles. The van der Waals surface area contributed by atoms with Crippen molar-refractivity contribution in [3.63, 3.8) is 0 Å². The van der Waals surface area contributed by atoms with Crippen LogP contribution in [0.25, 0.3) is 0 Å². The van der Waals surface area contributed by atoms with Gasteiger partial charge in [0.2, 0.25) is 0 Å². The Balaban J connectivity index is 4.85. The second kappa shape index (κ2) is 14.7. The van der Waals surface area contributed by atoms with Crippen molar-refractivity contribution in [2.75, 3.05) is 26.4 Å². The van der Waals surface area contributed by atoms with Gasteiger partial charge < -0.3 is 0 Å². The van der Waals surface area contributed by atoms with E-state index in [2.05, 4.69) is 55.4 Å². The van der Waals surface area contributed by atoms with E-state index in [4.69, 9.17) is 12.3 Å². The molecule has 0 fully saturated rings. The first-order chi connectivity index (χ1) is 11.7. The molecule has 0 rings (SSSR count). The standard InChI is InChI=1S/4C5H11O.Sn/c4*1-5(2)3-4-6;/h4*5H,3-4H2,1-2H3;/q4*-1;+4. The summed E-state index contributed by atoms with van der Waals surface area (Å²) in [5.41, 5.74) is 0. The summed E-state index contributed by atoms with van der Waals surface area (Å²) in [6.07, 6.45) is 4.03. The van der Waals surface area contributed by atoms with Gasteiger partial charge in [-0.1, -0.05) is 0 Å². The molecule has 5 heteroatoms. The summed E-state index contributed by atoms with van der Waals surface area (Å²) in [5, 5.41) is 0. The maximum absolute atomic E-state index is 6.23. The third-order valence-electron chi connectivity index (χ3n) is 3.90. The molecule has 0 unspecified atom stereocenters. The maximum atomic E-state index is 6.23. The van der Waals surface area contributed by atoms with Gasteiger partial charge in [0, 0.05) is 0 Å². The molecule has 0 radical (unpaired) electrons. The molecule has 0 N–H and O–H groups in total. The number of rotatable bonds is 16. The Morgan fingerprint density at radius 1 is 0.440 bits per heavy atom.